The fourth-order valence-corrected chi connectivity index (χ4v) is 1.07. The average Bonchev–Trinajstić information content (AvgIpc) is 2.51. The molecule has 60 valence electrons. The van der Waals surface area contributed by atoms with E-state index in [-0.39, 0.29) is 0 Å². The number of rotatable bonds is 2. The van der Waals surface area contributed by atoms with E-state index in [1.807, 2.05) is 6.07 Å². The third-order valence-electron chi connectivity index (χ3n) is 1.61. The van der Waals surface area contributed by atoms with Crippen LogP contribution in [0.3, 0.4) is 0 Å². The van der Waals surface area contributed by atoms with Gasteiger partial charge in [0.2, 0.25) is 0 Å². The molecule has 1 aromatic carbocycles. The molecule has 0 atom stereocenters. The second kappa shape index (κ2) is 2.70. The molecule has 0 aliphatic rings. The summed E-state index contributed by atoms with van der Waals surface area (Å²) in [6, 6.07) is 6.99. The molecule has 0 saturated heterocycles. The van der Waals surface area contributed by atoms with Crippen molar-refractivity contribution in [3.63, 3.8) is 0 Å². The van der Waals surface area contributed by atoms with Crippen molar-refractivity contribution in [1.29, 1.82) is 0 Å². The van der Waals surface area contributed by atoms with Crippen molar-refractivity contribution in [2.75, 3.05) is 0 Å². The van der Waals surface area contributed by atoms with Crippen LogP contribution in [0.4, 0.5) is 0 Å². The van der Waals surface area contributed by atoms with E-state index in [9.17, 15) is 4.79 Å². The quantitative estimate of drug-likeness (QED) is 0.633. The lowest BCUT2D eigenvalue weighted by Crippen LogP contribution is -1.86. The molecular weight excluding hydrogens is 156 g/mol. The highest BCUT2D eigenvalue weighted by atomic mass is 16.5. The second-order valence-electron chi connectivity index (χ2n) is 2.33. The number of benzene rings is 1. The maximum Gasteiger partial charge on any atom is 0.298 e. The van der Waals surface area contributed by atoms with Crippen LogP contribution in [0.25, 0.3) is 11.0 Å². The fourth-order valence-electron chi connectivity index (χ4n) is 1.07. The first kappa shape index (κ1) is 6.91. The topological polar surface area (TPSA) is 39.4 Å². The van der Waals surface area contributed by atoms with E-state index in [0.29, 0.717) is 12.2 Å². The second-order valence-corrected chi connectivity index (χ2v) is 2.33. The van der Waals surface area contributed by atoms with Gasteiger partial charge in [0.05, 0.1) is 6.26 Å². The predicted octanol–water partition coefficient (Wildman–Crippen LogP) is 1.97. The molecule has 0 N–H and O–H groups in total. The van der Waals surface area contributed by atoms with Gasteiger partial charge in [-0.1, -0.05) is 0 Å². The number of ether oxygens (including phenoxy) is 1. The summed E-state index contributed by atoms with van der Waals surface area (Å²) in [5.41, 5.74) is 0.785. The summed E-state index contributed by atoms with van der Waals surface area (Å²) in [7, 11) is 0. The van der Waals surface area contributed by atoms with Gasteiger partial charge in [-0.15, -0.1) is 0 Å². The zero-order chi connectivity index (χ0) is 8.39. The van der Waals surface area contributed by atoms with Crippen molar-refractivity contribution in [2.45, 2.75) is 0 Å². The molecule has 0 saturated carbocycles. The van der Waals surface area contributed by atoms with Crippen molar-refractivity contribution >= 4 is 17.4 Å². The van der Waals surface area contributed by atoms with Crippen molar-refractivity contribution in [3.8, 4) is 5.75 Å². The molecule has 1 aromatic heterocycles. The average molecular weight is 162 g/mol. The van der Waals surface area contributed by atoms with Crippen LogP contribution < -0.4 is 4.74 Å². The molecule has 0 aliphatic carbocycles. The Morgan fingerprint density at radius 3 is 3.08 bits per heavy atom. The van der Waals surface area contributed by atoms with Crippen molar-refractivity contribution in [3.05, 3.63) is 30.5 Å². The molecule has 0 unspecified atom stereocenters. The van der Waals surface area contributed by atoms with Crippen LogP contribution in [-0.4, -0.2) is 6.47 Å². The first-order valence-corrected chi connectivity index (χ1v) is 3.48. The predicted molar refractivity (Wildman–Crippen MR) is 42.9 cm³/mol. The number of furan rings is 1. The van der Waals surface area contributed by atoms with Gasteiger partial charge in [0.25, 0.3) is 6.47 Å². The summed E-state index contributed by atoms with van der Waals surface area (Å²) in [5.74, 6) is 0.527. The molecule has 3 nitrogen and oxygen atoms in total. The molecule has 0 spiro atoms. The summed E-state index contributed by atoms with van der Waals surface area (Å²) in [5, 5.41) is 0.925. The van der Waals surface area contributed by atoms with Crippen LogP contribution >= 0.6 is 0 Å². The number of fused-ring (bicyclic) bond motifs is 1. The molecule has 2 rings (SSSR count). The molecule has 2 aromatic rings. The van der Waals surface area contributed by atoms with Crippen molar-refractivity contribution < 1.29 is 13.9 Å². The van der Waals surface area contributed by atoms with Crippen molar-refractivity contribution in [1.82, 2.24) is 0 Å². The van der Waals surface area contributed by atoms with Crippen LogP contribution in [-0.2, 0) is 4.79 Å². The Morgan fingerprint density at radius 2 is 2.25 bits per heavy atom. The van der Waals surface area contributed by atoms with E-state index in [2.05, 4.69) is 4.74 Å². The van der Waals surface area contributed by atoms with Gasteiger partial charge in [-0.05, 0) is 24.3 Å². The molecule has 0 fully saturated rings. The van der Waals surface area contributed by atoms with E-state index >= 15 is 0 Å². The minimum absolute atomic E-state index is 0.404. The fraction of sp³-hybridized carbons (Fsp3) is 0. The van der Waals surface area contributed by atoms with Crippen LogP contribution in [0.15, 0.2) is 34.9 Å². The molecule has 0 amide bonds. The highest BCUT2D eigenvalue weighted by molar-refractivity contribution is 5.78. The van der Waals surface area contributed by atoms with Gasteiger partial charge in [0.15, 0.2) is 0 Å². The van der Waals surface area contributed by atoms with E-state index < -0.39 is 0 Å². The summed E-state index contributed by atoms with van der Waals surface area (Å²) >= 11 is 0. The normalized spacial score (nSPS) is 10.0. The Morgan fingerprint density at radius 1 is 1.33 bits per heavy atom. The van der Waals surface area contributed by atoms with E-state index in [4.69, 9.17) is 4.42 Å². The molecule has 0 bridgehead atoms. The maximum absolute atomic E-state index is 10.0. The number of carbonyl (C=O) groups excluding carboxylic acids is 1. The third-order valence-corrected chi connectivity index (χ3v) is 1.61. The van der Waals surface area contributed by atoms with Gasteiger partial charge in [-0.3, -0.25) is 4.79 Å². The minimum Gasteiger partial charge on any atom is -0.464 e. The smallest absolute Gasteiger partial charge is 0.298 e. The van der Waals surface area contributed by atoms with Gasteiger partial charge in [0, 0.05) is 5.39 Å². The molecule has 3 heteroatoms. The van der Waals surface area contributed by atoms with Crippen LogP contribution in [0.2, 0.25) is 0 Å². The molecular formula is C9H6O3. The zero-order valence-corrected chi connectivity index (χ0v) is 6.19. The highest BCUT2D eigenvalue weighted by Crippen LogP contribution is 2.20. The van der Waals surface area contributed by atoms with Crippen LogP contribution in [0.5, 0.6) is 5.75 Å². The standard InChI is InChI=1S/C9H6O3/c10-6-12-8-1-2-9-7(5-8)3-4-11-9/h1-6H. The van der Waals surface area contributed by atoms with Crippen LogP contribution in [0.1, 0.15) is 0 Å². The Hall–Kier alpha value is -1.77. The maximum atomic E-state index is 10.0. The highest BCUT2D eigenvalue weighted by Gasteiger charge is 1.98. The lowest BCUT2D eigenvalue weighted by molar-refractivity contribution is -0.120. The van der Waals surface area contributed by atoms with Gasteiger partial charge in [-0.25, -0.2) is 0 Å². The Bertz CT molecular complexity index is 403. The SMILES string of the molecule is O=COc1ccc2occc2c1. The molecule has 1 heterocycles. The molecule has 12 heavy (non-hydrogen) atoms. The number of carbonyl (C=O) groups is 1. The molecule has 0 radical (unpaired) electrons. The zero-order valence-electron chi connectivity index (χ0n) is 6.19. The summed E-state index contributed by atoms with van der Waals surface area (Å²) in [4.78, 5) is 10.0. The number of hydrogen-bond donors (Lipinski definition) is 0. The Balaban J connectivity index is 2.52. The van der Waals surface area contributed by atoms with Gasteiger partial charge >= 0.3 is 0 Å². The Kier molecular flexibility index (Phi) is 1.55. The van der Waals surface area contributed by atoms with Crippen molar-refractivity contribution in [2.24, 2.45) is 0 Å². The molecule has 0 aliphatic heterocycles. The van der Waals surface area contributed by atoms with Gasteiger partial charge in [-0.2, -0.15) is 0 Å². The largest absolute Gasteiger partial charge is 0.464 e. The first-order valence-electron chi connectivity index (χ1n) is 3.48. The third kappa shape index (κ3) is 1.05. The minimum atomic E-state index is 0.404. The summed E-state index contributed by atoms with van der Waals surface area (Å²) in [6.45, 7) is 0.404. The number of hydrogen-bond acceptors (Lipinski definition) is 3. The lowest BCUT2D eigenvalue weighted by atomic mass is 10.2. The van der Waals surface area contributed by atoms with Crippen LogP contribution in [0, 0.1) is 0 Å². The van der Waals surface area contributed by atoms with E-state index in [0.717, 1.165) is 11.0 Å². The summed E-state index contributed by atoms with van der Waals surface area (Å²) < 4.78 is 9.77. The van der Waals surface area contributed by atoms with E-state index in [1.165, 1.54) is 0 Å². The van der Waals surface area contributed by atoms with Gasteiger partial charge < -0.3 is 9.15 Å². The van der Waals surface area contributed by atoms with Gasteiger partial charge in [0.1, 0.15) is 11.3 Å². The first-order chi connectivity index (χ1) is 5.90. The summed E-state index contributed by atoms with van der Waals surface area (Å²) in [6.07, 6.45) is 1.59. The van der Waals surface area contributed by atoms with E-state index in [1.54, 1.807) is 24.5 Å². The lowest BCUT2D eigenvalue weighted by Gasteiger charge is -1.95. The Labute approximate surface area is 68.5 Å². The monoisotopic (exact) mass is 162 g/mol.